The van der Waals surface area contributed by atoms with Gasteiger partial charge in [0.2, 0.25) is 5.95 Å². The molecule has 0 fully saturated rings. The molecule has 1 aromatic carbocycles. The summed E-state index contributed by atoms with van der Waals surface area (Å²) >= 11 is 0. The molecule has 84 valence electrons. The standard InChI is InChI=1S/C12H15N3O/c1-13-12-14-7-8-15(12)11-6-4-3-5-10(11)9-16-2/h3-8H,9H2,1-2H3,(H,13,14). The van der Waals surface area contributed by atoms with E-state index in [1.807, 2.05) is 29.9 Å². The van der Waals surface area contributed by atoms with E-state index in [0.717, 1.165) is 17.2 Å². The maximum atomic E-state index is 5.19. The molecule has 0 amide bonds. The fourth-order valence-corrected chi connectivity index (χ4v) is 1.71. The number of methoxy groups -OCH3 is 1. The number of benzene rings is 1. The number of rotatable bonds is 4. The summed E-state index contributed by atoms with van der Waals surface area (Å²) in [5.74, 6) is 0.823. The number of imidazole rings is 1. The third kappa shape index (κ3) is 1.92. The Bertz CT molecular complexity index is 465. The molecule has 0 saturated carbocycles. The van der Waals surface area contributed by atoms with Gasteiger partial charge in [0.15, 0.2) is 0 Å². The van der Waals surface area contributed by atoms with Crippen molar-refractivity contribution in [2.24, 2.45) is 0 Å². The van der Waals surface area contributed by atoms with Gasteiger partial charge in [-0.2, -0.15) is 0 Å². The van der Waals surface area contributed by atoms with E-state index in [4.69, 9.17) is 4.74 Å². The van der Waals surface area contributed by atoms with Crippen LogP contribution in [0.1, 0.15) is 5.56 Å². The predicted molar refractivity (Wildman–Crippen MR) is 63.8 cm³/mol. The molecule has 0 aliphatic heterocycles. The quantitative estimate of drug-likeness (QED) is 0.852. The molecule has 0 aliphatic rings. The lowest BCUT2D eigenvalue weighted by Gasteiger charge is -2.11. The van der Waals surface area contributed by atoms with Gasteiger partial charge >= 0.3 is 0 Å². The minimum Gasteiger partial charge on any atom is -0.380 e. The van der Waals surface area contributed by atoms with Crippen LogP contribution in [0.15, 0.2) is 36.7 Å². The van der Waals surface area contributed by atoms with Crippen LogP contribution in [0.5, 0.6) is 0 Å². The van der Waals surface area contributed by atoms with Crippen molar-refractivity contribution in [1.82, 2.24) is 9.55 Å². The number of hydrogen-bond donors (Lipinski definition) is 1. The van der Waals surface area contributed by atoms with E-state index in [-0.39, 0.29) is 0 Å². The Morgan fingerprint density at radius 3 is 2.94 bits per heavy atom. The summed E-state index contributed by atoms with van der Waals surface area (Å²) in [6.45, 7) is 0.595. The van der Waals surface area contributed by atoms with Crippen LogP contribution < -0.4 is 5.32 Å². The van der Waals surface area contributed by atoms with E-state index >= 15 is 0 Å². The lowest BCUT2D eigenvalue weighted by molar-refractivity contribution is 0.185. The highest BCUT2D eigenvalue weighted by Gasteiger charge is 2.07. The molecule has 16 heavy (non-hydrogen) atoms. The van der Waals surface area contributed by atoms with Gasteiger partial charge < -0.3 is 10.1 Å². The first-order valence-corrected chi connectivity index (χ1v) is 5.15. The fraction of sp³-hybridized carbons (Fsp3) is 0.250. The molecule has 0 aliphatic carbocycles. The fourth-order valence-electron chi connectivity index (χ4n) is 1.71. The summed E-state index contributed by atoms with van der Waals surface area (Å²) in [6.07, 6.45) is 3.70. The molecule has 0 unspecified atom stereocenters. The Labute approximate surface area is 94.9 Å². The molecule has 2 aromatic rings. The molecule has 1 aromatic heterocycles. The average molecular weight is 217 g/mol. The van der Waals surface area contributed by atoms with Crippen molar-refractivity contribution in [2.75, 3.05) is 19.5 Å². The summed E-state index contributed by atoms with van der Waals surface area (Å²) in [7, 11) is 3.56. The van der Waals surface area contributed by atoms with Gasteiger partial charge in [0.1, 0.15) is 0 Å². The van der Waals surface area contributed by atoms with Crippen LogP contribution in [-0.4, -0.2) is 23.7 Å². The number of anilines is 1. The van der Waals surface area contributed by atoms with Crippen LogP contribution in [0, 0.1) is 0 Å². The molecular weight excluding hydrogens is 202 g/mol. The molecular formula is C12H15N3O. The Kier molecular flexibility index (Phi) is 3.22. The average Bonchev–Trinajstić information content (AvgIpc) is 2.78. The van der Waals surface area contributed by atoms with Crippen LogP contribution in [0.25, 0.3) is 5.69 Å². The van der Waals surface area contributed by atoms with Crippen LogP contribution in [0.4, 0.5) is 5.95 Å². The lowest BCUT2D eigenvalue weighted by atomic mass is 10.2. The molecule has 0 spiro atoms. The van der Waals surface area contributed by atoms with Crippen LogP contribution >= 0.6 is 0 Å². The summed E-state index contributed by atoms with van der Waals surface area (Å²) in [5, 5.41) is 3.05. The zero-order valence-corrected chi connectivity index (χ0v) is 9.47. The highest BCUT2D eigenvalue weighted by molar-refractivity contribution is 5.46. The summed E-state index contributed by atoms with van der Waals surface area (Å²) in [4.78, 5) is 4.22. The number of nitrogens with one attached hydrogen (secondary N) is 1. The third-order valence-corrected chi connectivity index (χ3v) is 2.42. The summed E-state index contributed by atoms with van der Waals surface area (Å²) < 4.78 is 7.19. The highest BCUT2D eigenvalue weighted by atomic mass is 16.5. The van der Waals surface area contributed by atoms with Crippen molar-refractivity contribution >= 4 is 5.95 Å². The number of para-hydroxylation sites is 1. The van der Waals surface area contributed by atoms with Crippen molar-refractivity contribution in [3.63, 3.8) is 0 Å². The van der Waals surface area contributed by atoms with E-state index in [1.54, 1.807) is 13.3 Å². The second kappa shape index (κ2) is 4.81. The zero-order chi connectivity index (χ0) is 11.4. The number of nitrogens with zero attached hydrogens (tertiary/aromatic N) is 2. The molecule has 0 atom stereocenters. The van der Waals surface area contributed by atoms with Crippen molar-refractivity contribution in [3.8, 4) is 5.69 Å². The largest absolute Gasteiger partial charge is 0.380 e. The predicted octanol–water partition coefficient (Wildman–Crippen LogP) is 2.06. The molecule has 2 rings (SSSR count). The maximum absolute atomic E-state index is 5.19. The Morgan fingerprint density at radius 1 is 1.38 bits per heavy atom. The number of hydrogen-bond acceptors (Lipinski definition) is 3. The van der Waals surface area contributed by atoms with Crippen molar-refractivity contribution in [2.45, 2.75) is 6.61 Å². The minimum atomic E-state index is 0.595. The first-order chi connectivity index (χ1) is 7.86. The van der Waals surface area contributed by atoms with E-state index in [0.29, 0.717) is 6.61 Å². The first kappa shape index (κ1) is 10.7. The summed E-state index contributed by atoms with van der Waals surface area (Å²) in [6, 6.07) is 8.12. The van der Waals surface area contributed by atoms with Gasteiger partial charge in [-0.05, 0) is 6.07 Å². The smallest absolute Gasteiger partial charge is 0.207 e. The molecule has 4 heteroatoms. The minimum absolute atomic E-state index is 0.595. The van der Waals surface area contributed by atoms with Gasteiger partial charge in [0.05, 0.1) is 12.3 Å². The van der Waals surface area contributed by atoms with Crippen LogP contribution in [0.2, 0.25) is 0 Å². The van der Waals surface area contributed by atoms with Gasteiger partial charge in [0, 0.05) is 32.1 Å². The van der Waals surface area contributed by atoms with Gasteiger partial charge in [-0.3, -0.25) is 4.57 Å². The van der Waals surface area contributed by atoms with E-state index < -0.39 is 0 Å². The molecule has 1 N–H and O–H groups in total. The molecule has 1 heterocycles. The normalized spacial score (nSPS) is 10.4. The Morgan fingerprint density at radius 2 is 2.19 bits per heavy atom. The zero-order valence-electron chi connectivity index (χ0n) is 9.47. The number of aromatic nitrogens is 2. The van der Waals surface area contributed by atoms with E-state index in [9.17, 15) is 0 Å². The second-order valence-corrected chi connectivity index (χ2v) is 3.43. The van der Waals surface area contributed by atoms with Gasteiger partial charge in [-0.15, -0.1) is 0 Å². The van der Waals surface area contributed by atoms with Crippen molar-refractivity contribution < 1.29 is 4.74 Å². The van der Waals surface area contributed by atoms with Crippen molar-refractivity contribution in [3.05, 3.63) is 42.2 Å². The topological polar surface area (TPSA) is 39.1 Å². The molecule has 0 radical (unpaired) electrons. The third-order valence-electron chi connectivity index (χ3n) is 2.42. The molecule has 0 bridgehead atoms. The monoisotopic (exact) mass is 217 g/mol. The second-order valence-electron chi connectivity index (χ2n) is 3.43. The highest BCUT2D eigenvalue weighted by Crippen LogP contribution is 2.19. The van der Waals surface area contributed by atoms with Crippen LogP contribution in [0.3, 0.4) is 0 Å². The Hall–Kier alpha value is -1.81. The van der Waals surface area contributed by atoms with E-state index in [2.05, 4.69) is 22.4 Å². The Balaban J connectivity index is 2.46. The molecule has 0 saturated heterocycles. The van der Waals surface area contributed by atoms with Gasteiger partial charge in [-0.25, -0.2) is 4.98 Å². The summed E-state index contributed by atoms with van der Waals surface area (Å²) in [5.41, 5.74) is 2.23. The van der Waals surface area contributed by atoms with Crippen LogP contribution in [-0.2, 0) is 11.3 Å². The van der Waals surface area contributed by atoms with Crippen molar-refractivity contribution in [1.29, 1.82) is 0 Å². The van der Waals surface area contributed by atoms with Gasteiger partial charge in [0.25, 0.3) is 0 Å². The molecule has 4 nitrogen and oxygen atoms in total. The maximum Gasteiger partial charge on any atom is 0.207 e. The first-order valence-electron chi connectivity index (χ1n) is 5.15. The SMILES string of the molecule is CNc1nccn1-c1ccccc1COC. The number of ether oxygens (including phenoxy) is 1. The van der Waals surface area contributed by atoms with E-state index in [1.165, 1.54) is 0 Å². The lowest BCUT2D eigenvalue weighted by Crippen LogP contribution is -2.04. The van der Waals surface area contributed by atoms with Gasteiger partial charge in [-0.1, -0.05) is 18.2 Å².